The Hall–Kier alpha value is 0.400. The Morgan fingerprint density at radius 2 is 2.10 bits per heavy atom. The second-order valence-electron chi connectivity index (χ2n) is 2.43. The maximum Gasteiger partial charge on any atom is 0.212 e. The van der Waals surface area contributed by atoms with E-state index in [0.29, 0.717) is 0 Å². The minimum Gasteiger partial charge on any atom is -0.290 e. The zero-order chi connectivity index (χ0) is 7.82. The topological polar surface area (TPSA) is 17.1 Å². The first-order valence-corrected chi connectivity index (χ1v) is 5.07. The molecule has 0 spiro atoms. The van der Waals surface area contributed by atoms with Crippen molar-refractivity contribution in [1.82, 2.24) is 0 Å². The highest BCUT2D eigenvalue weighted by molar-refractivity contribution is 14.1. The lowest BCUT2D eigenvalue weighted by atomic mass is 10.1. The lowest BCUT2D eigenvalue weighted by Gasteiger charge is -1.98. The Kier molecular flexibility index (Phi) is 7.81. The summed E-state index contributed by atoms with van der Waals surface area (Å²) in [6, 6.07) is 0. The molecule has 0 saturated heterocycles. The lowest BCUT2D eigenvalue weighted by Crippen LogP contribution is -1.97. The largest absolute Gasteiger partial charge is 0.290 e. The van der Waals surface area contributed by atoms with Crippen molar-refractivity contribution in [3.05, 3.63) is 0 Å². The van der Waals surface area contributed by atoms with Crippen molar-refractivity contribution in [2.75, 3.05) is 0 Å². The predicted molar refractivity (Wildman–Crippen MR) is 52.3 cm³/mol. The summed E-state index contributed by atoms with van der Waals surface area (Å²) >= 11 is 2.13. The molecule has 0 saturated carbocycles. The van der Waals surface area contributed by atoms with E-state index in [4.69, 9.17) is 0 Å². The number of alkyl halides is 1. The van der Waals surface area contributed by atoms with E-state index >= 15 is 0 Å². The number of unbranched alkanes of at least 4 members (excludes halogenated alkanes) is 3. The van der Waals surface area contributed by atoms with E-state index in [1.54, 1.807) is 0 Å². The summed E-state index contributed by atoms with van der Waals surface area (Å²) in [6.45, 7) is 2.19. The van der Waals surface area contributed by atoms with E-state index < -0.39 is 0 Å². The molecule has 0 N–H and O–H groups in total. The third-order valence-corrected chi connectivity index (χ3v) is 2.32. The molecule has 0 heterocycles. The summed E-state index contributed by atoms with van der Waals surface area (Å²) in [7, 11) is 0. The van der Waals surface area contributed by atoms with Gasteiger partial charge in [0.15, 0.2) is 0 Å². The molecule has 0 aromatic rings. The van der Waals surface area contributed by atoms with E-state index in [1.165, 1.54) is 25.7 Å². The van der Waals surface area contributed by atoms with Gasteiger partial charge in [0, 0.05) is 0 Å². The van der Waals surface area contributed by atoms with Gasteiger partial charge in [-0.2, -0.15) is 0 Å². The molecule has 0 aliphatic carbocycles. The molecule has 0 rings (SSSR count). The van der Waals surface area contributed by atoms with Crippen LogP contribution in [0.25, 0.3) is 0 Å². The van der Waals surface area contributed by atoms with Crippen LogP contribution in [0, 0.1) is 0 Å². The zero-order valence-corrected chi connectivity index (χ0v) is 8.56. The monoisotopic (exact) mass is 253 g/mol. The van der Waals surface area contributed by atoms with Crippen molar-refractivity contribution in [3.63, 3.8) is 0 Å². The van der Waals surface area contributed by atoms with Crippen LogP contribution in [0.15, 0.2) is 0 Å². The number of hydrogen-bond donors (Lipinski definition) is 0. The van der Waals surface area contributed by atoms with E-state index in [-0.39, 0.29) is 3.92 Å². The molecule has 0 amide bonds. The van der Waals surface area contributed by atoms with Crippen LogP contribution >= 0.6 is 22.6 Å². The second kappa shape index (κ2) is 7.51. The van der Waals surface area contributed by atoms with Crippen LogP contribution < -0.4 is 0 Å². The van der Waals surface area contributed by atoms with E-state index in [0.717, 1.165) is 6.42 Å². The number of carbonyl (C=O) groups excluding carboxylic acids is 1. The summed E-state index contributed by atoms with van der Waals surface area (Å²) < 4.78 is 0.120. The van der Waals surface area contributed by atoms with Gasteiger partial charge in [0.2, 0.25) is 6.29 Å². The van der Waals surface area contributed by atoms with Crippen LogP contribution in [-0.4, -0.2) is 10.2 Å². The normalized spacial score (nSPS) is 13.0. The molecule has 1 atom stereocenters. The quantitative estimate of drug-likeness (QED) is 0.404. The van der Waals surface area contributed by atoms with Crippen molar-refractivity contribution in [2.24, 2.45) is 0 Å². The van der Waals surface area contributed by atoms with Gasteiger partial charge in [0.25, 0.3) is 0 Å². The Bertz CT molecular complexity index is 83.3. The summed E-state index contributed by atoms with van der Waals surface area (Å²) in [5.74, 6) is 0. The minimum atomic E-state index is 0.120. The van der Waals surface area contributed by atoms with Gasteiger partial charge < -0.3 is 0 Å². The van der Waals surface area contributed by atoms with Crippen LogP contribution in [0.4, 0.5) is 0 Å². The molecule has 0 bridgehead atoms. The van der Waals surface area contributed by atoms with Gasteiger partial charge >= 0.3 is 0 Å². The minimum absolute atomic E-state index is 0.120. The molecule has 10 heavy (non-hydrogen) atoms. The summed E-state index contributed by atoms with van der Waals surface area (Å²) in [4.78, 5) is 10.0. The molecule has 2 heteroatoms. The smallest absolute Gasteiger partial charge is 0.212 e. The summed E-state index contributed by atoms with van der Waals surface area (Å²) in [6.07, 6.45) is 7.98. The average molecular weight is 253 g/mol. The SMILES string of the molecule is CCCCCCC(I)[C]=O. The third kappa shape index (κ3) is 6.52. The molecule has 1 nitrogen and oxygen atoms in total. The lowest BCUT2D eigenvalue weighted by molar-refractivity contribution is 0.548. The average Bonchev–Trinajstić information content (AvgIpc) is 1.98. The molecule has 0 aromatic carbocycles. The van der Waals surface area contributed by atoms with Crippen LogP contribution in [0.1, 0.15) is 39.0 Å². The van der Waals surface area contributed by atoms with Crippen molar-refractivity contribution in [3.8, 4) is 0 Å². The summed E-state index contributed by atoms with van der Waals surface area (Å²) in [5, 5.41) is 0. The van der Waals surface area contributed by atoms with Gasteiger partial charge in [-0.15, -0.1) is 0 Å². The maximum atomic E-state index is 10.0. The van der Waals surface area contributed by atoms with Crippen LogP contribution in [0.2, 0.25) is 0 Å². The molecule has 0 aromatic heterocycles. The highest BCUT2D eigenvalue weighted by Gasteiger charge is 2.00. The van der Waals surface area contributed by atoms with Crippen molar-refractivity contribution < 1.29 is 4.79 Å². The molecule has 59 valence electrons. The number of hydrogen-bond acceptors (Lipinski definition) is 1. The first-order chi connectivity index (χ1) is 4.81. The van der Waals surface area contributed by atoms with E-state index in [9.17, 15) is 4.79 Å². The highest BCUT2D eigenvalue weighted by atomic mass is 127. The first kappa shape index (κ1) is 10.4. The molecular weight excluding hydrogens is 239 g/mol. The van der Waals surface area contributed by atoms with Crippen LogP contribution in [-0.2, 0) is 4.79 Å². The van der Waals surface area contributed by atoms with Gasteiger partial charge in [0.05, 0.1) is 3.92 Å². The molecular formula is C8H14IO. The van der Waals surface area contributed by atoms with Gasteiger partial charge in [-0.05, 0) is 6.42 Å². The van der Waals surface area contributed by atoms with Gasteiger partial charge in [0.1, 0.15) is 0 Å². The van der Waals surface area contributed by atoms with Crippen molar-refractivity contribution in [1.29, 1.82) is 0 Å². The van der Waals surface area contributed by atoms with Gasteiger partial charge in [-0.3, -0.25) is 4.79 Å². The van der Waals surface area contributed by atoms with Crippen LogP contribution in [0.3, 0.4) is 0 Å². The van der Waals surface area contributed by atoms with E-state index in [1.807, 2.05) is 6.29 Å². The fourth-order valence-corrected chi connectivity index (χ4v) is 1.25. The van der Waals surface area contributed by atoms with Gasteiger partial charge in [-0.25, -0.2) is 0 Å². The van der Waals surface area contributed by atoms with Gasteiger partial charge in [-0.1, -0.05) is 55.2 Å². The molecule has 1 unspecified atom stereocenters. The Balaban J connectivity index is 2.95. The van der Waals surface area contributed by atoms with Crippen LogP contribution in [0.5, 0.6) is 0 Å². The predicted octanol–water partition coefficient (Wildman–Crippen LogP) is 2.87. The number of halogens is 1. The fraction of sp³-hybridized carbons (Fsp3) is 0.875. The molecule has 0 aliphatic heterocycles. The highest BCUT2D eigenvalue weighted by Crippen LogP contribution is 2.09. The third-order valence-electron chi connectivity index (χ3n) is 1.44. The zero-order valence-electron chi connectivity index (χ0n) is 6.40. The van der Waals surface area contributed by atoms with Crippen molar-refractivity contribution in [2.45, 2.75) is 43.0 Å². The van der Waals surface area contributed by atoms with E-state index in [2.05, 4.69) is 29.5 Å². The standard InChI is InChI=1S/C8H14IO/c1-2-3-4-5-6-8(9)7-10/h8H,2-6H2,1H3. The second-order valence-corrected chi connectivity index (χ2v) is 3.94. The Morgan fingerprint density at radius 3 is 2.60 bits per heavy atom. The molecule has 0 aliphatic rings. The summed E-state index contributed by atoms with van der Waals surface area (Å²) in [5.41, 5.74) is 0. The fourth-order valence-electron chi connectivity index (χ4n) is 0.809. The molecule has 1 radical (unpaired) electrons. The Morgan fingerprint density at radius 1 is 1.40 bits per heavy atom. The van der Waals surface area contributed by atoms with Crippen molar-refractivity contribution >= 4 is 28.9 Å². The molecule has 0 fully saturated rings. The number of rotatable bonds is 6. The first-order valence-electron chi connectivity index (χ1n) is 3.83. The maximum absolute atomic E-state index is 10.0. The Labute approximate surface area is 76.7 Å².